The van der Waals surface area contributed by atoms with Crippen molar-refractivity contribution in [2.75, 3.05) is 20.3 Å². The van der Waals surface area contributed by atoms with Crippen LogP contribution in [0.25, 0.3) is 11.1 Å². The lowest BCUT2D eigenvalue weighted by atomic mass is 9.97. The Morgan fingerprint density at radius 3 is 2.18 bits per heavy atom. The van der Waals surface area contributed by atoms with E-state index in [1.165, 1.54) is 13.2 Å². The summed E-state index contributed by atoms with van der Waals surface area (Å²) in [5, 5.41) is 23.4. The van der Waals surface area contributed by atoms with Crippen molar-refractivity contribution in [1.29, 1.82) is 0 Å². The Morgan fingerprint density at radius 2 is 1.59 bits per heavy atom. The van der Waals surface area contributed by atoms with E-state index in [0.29, 0.717) is 16.7 Å². The van der Waals surface area contributed by atoms with E-state index in [9.17, 15) is 19.8 Å². The number of carbonyl (C=O) groups is 2. The van der Waals surface area contributed by atoms with Crippen LogP contribution in [0.15, 0.2) is 66.7 Å². The maximum absolute atomic E-state index is 12.3. The quantitative estimate of drug-likeness (QED) is 0.463. The molecule has 0 aromatic heterocycles. The molecule has 1 amide bonds. The molecule has 0 heterocycles. The Hall–Kier alpha value is -3.68. The van der Waals surface area contributed by atoms with E-state index in [1.807, 2.05) is 36.4 Å². The van der Waals surface area contributed by atoms with E-state index in [1.54, 1.807) is 19.1 Å². The molecule has 0 saturated heterocycles. The summed E-state index contributed by atoms with van der Waals surface area (Å²) >= 11 is 0. The molecular weight excluding hydrogens is 434 g/mol. The van der Waals surface area contributed by atoms with Crippen LogP contribution in [0.4, 0.5) is 4.79 Å². The Kier molecular flexibility index (Phi) is 6.95. The third kappa shape index (κ3) is 4.66. The molecule has 0 radical (unpaired) electrons. The summed E-state index contributed by atoms with van der Waals surface area (Å²) in [5.74, 6) is -0.550. The van der Waals surface area contributed by atoms with Crippen LogP contribution in [-0.4, -0.2) is 48.6 Å². The van der Waals surface area contributed by atoms with E-state index < -0.39 is 24.3 Å². The van der Waals surface area contributed by atoms with Crippen LogP contribution in [-0.2, 0) is 9.47 Å². The molecule has 7 heteroatoms. The first-order valence-corrected chi connectivity index (χ1v) is 11.0. The van der Waals surface area contributed by atoms with Gasteiger partial charge in [0.1, 0.15) is 18.8 Å². The van der Waals surface area contributed by atoms with Gasteiger partial charge in [-0.3, -0.25) is 0 Å². The highest BCUT2D eigenvalue weighted by molar-refractivity contribution is 5.89. The van der Waals surface area contributed by atoms with Gasteiger partial charge in [-0.25, -0.2) is 9.59 Å². The first kappa shape index (κ1) is 23.5. The summed E-state index contributed by atoms with van der Waals surface area (Å²) in [7, 11) is 1.29. The van der Waals surface area contributed by atoms with Gasteiger partial charge in [-0.2, -0.15) is 0 Å². The number of ether oxygens (including phenoxy) is 2. The molecule has 0 bridgehead atoms. The number of alkyl carbamates (subject to hydrolysis) is 1. The number of aryl methyl sites for hydroxylation is 1. The highest BCUT2D eigenvalue weighted by Crippen LogP contribution is 2.44. The van der Waals surface area contributed by atoms with Crippen LogP contribution >= 0.6 is 0 Å². The van der Waals surface area contributed by atoms with Crippen molar-refractivity contribution in [1.82, 2.24) is 5.32 Å². The van der Waals surface area contributed by atoms with Gasteiger partial charge in [-0.15, -0.1) is 0 Å². The van der Waals surface area contributed by atoms with Gasteiger partial charge in [0.25, 0.3) is 0 Å². The Bertz CT molecular complexity index is 1160. The SMILES string of the molecule is COC(=O)c1ccc(C(O)C(O)CNC(=O)OCC2c3ccccc3-c3ccccc32)c(C)c1. The lowest BCUT2D eigenvalue weighted by Crippen LogP contribution is -2.36. The van der Waals surface area contributed by atoms with Crippen molar-refractivity contribution in [3.63, 3.8) is 0 Å². The number of aliphatic hydroxyl groups is 2. The molecule has 0 aliphatic heterocycles. The maximum Gasteiger partial charge on any atom is 0.407 e. The fourth-order valence-corrected chi connectivity index (χ4v) is 4.41. The Morgan fingerprint density at radius 1 is 0.971 bits per heavy atom. The number of amides is 1. The lowest BCUT2D eigenvalue weighted by molar-refractivity contribution is 0.0181. The molecule has 0 spiro atoms. The number of esters is 1. The van der Waals surface area contributed by atoms with Crippen LogP contribution in [0, 0.1) is 6.92 Å². The summed E-state index contributed by atoms with van der Waals surface area (Å²) in [6, 6.07) is 20.8. The molecule has 4 rings (SSSR count). The van der Waals surface area contributed by atoms with Crippen molar-refractivity contribution >= 4 is 12.1 Å². The number of hydrogen-bond donors (Lipinski definition) is 3. The minimum absolute atomic E-state index is 0.0651. The first-order chi connectivity index (χ1) is 16.4. The van der Waals surface area contributed by atoms with E-state index in [2.05, 4.69) is 17.4 Å². The lowest BCUT2D eigenvalue weighted by Gasteiger charge is -2.21. The van der Waals surface area contributed by atoms with Crippen molar-refractivity contribution in [3.05, 3.63) is 94.5 Å². The zero-order valence-electron chi connectivity index (χ0n) is 19.0. The van der Waals surface area contributed by atoms with Crippen LogP contribution < -0.4 is 5.32 Å². The number of fused-ring (bicyclic) bond motifs is 3. The fourth-order valence-electron chi connectivity index (χ4n) is 4.41. The molecule has 3 N–H and O–H groups in total. The second-order valence-corrected chi connectivity index (χ2v) is 8.28. The van der Waals surface area contributed by atoms with E-state index in [4.69, 9.17) is 9.47 Å². The summed E-state index contributed by atoms with van der Waals surface area (Å²) in [6.07, 6.45) is -3.19. The molecule has 3 aromatic carbocycles. The fraction of sp³-hybridized carbons (Fsp3) is 0.259. The topological polar surface area (TPSA) is 105 Å². The molecular formula is C27H27NO6. The summed E-state index contributed by atoms with van der Waals surface area (Å²) in [6.45, 7) is 1.68. The van der Waals surface area contributed by atoms with Crippen molar-refractivity contribution in [2.45, 2.75) is 25.0 Å². The molecule has 34 heavy (non-hydrogen) atoms. The minimum atomic E-state index is -1.26. The summed E-state index contributed by atoms with van der Waals surface area (Å²) < 4.78 is 10.2. The number of carbonyl (C=O) groups excluding carboxylic acids is 2. The largest absolute Gasteiger partial charge is 0.465 e. The van der Waals surface area contributed by atoms with E-state index in [-0.39, 0.29) is 19.1 Å². The van der Waals surface area contributed by atoms with Gasteiger partial charge in [0.15, 0.2) is 0 Å². The second-order valence-electron chi connectivity index (χ2n) is 8.28. The van der Waals surface area contributed by atoms with Crippen LogP contribution in [0.5, 0.6) is 0 Å². The predicted octanol–water partition coefficient (Wildman–Crippen LogP) is 3.71. The number of nitrogens with one attached hydrogen (secondary N) is 1. The van der Waals surface area contributed by atoms with Gasteiger partial charge in [0.2, 0.25) is 0 Å². The monoisotopic (exact) mass is 461 g/mol. The average Bonchev–Trinajstić information content (AvgIpc) is 3.18. The van der Waals surface area contributed by atoms with Crippen LogP contribution in [0.2, 0.25) is 0 Å². The minimum Gasteiger partial charge on any atom is -0.465 e. The molecule has 1 aliphatic rings. The zero-order chi connectivity index (χ0) is 24.2. The molecule has 3 aromatic rings. The smallest absolute Gasteiger partial charge is 0.407 e. The predicted molar refractivity (Wildman–Crippen MR) is 127 cm³/mol. The highest BCUT2D eigenvalue weighted by Gasteiger charge is 2.29. The van der Waals surface area contributed by atoms with Crippen LogP contribution in [0.1, 0.15) is 44.6 Å². The Balaban J connectivity index is 1.34. The summed E-state index contributed by atoms with van der Waals surface area (Å²) in [4.78, 5) is 24.0. The molecule has 0 fully saturated rings. The number of methoxy groups -OCH3 is 1. The normalized spacial score (nSPS) is 14.0. The molecule has 2 atom stereocenters. The average molecular weight is 462 g/mol. The molecule has 7 nitrogen and oxygen atoms in total. The molecule has 0 saturated carbocycles. The number of benzene rings is 3. The molecule has 176 valence electrons. The third-order valence-electron chi connectivity index (χ3n) is 6.17. The number of rotatable bonds is 7. The van der Waals surface area contributed by atoms with Gasteiger partial charge in [-0.1, -0.05) is 54.6 Å². The standard InChI is InChI=1S/C27H27NO6/c1-16-13-17(26(31)33-2)11-12-18(16)25(30)24(29)14-28-27(32)34-15-23-21-9-5-3-7-19(21)20-8-4-6-10-22(20)23/h3-13,23-25,29-30H,14-15H2,1-2H3,(H,28,32). The number of aliphatic hydroxyl groups excluding tert-OH is 2. The van der Waals surface area contributed by atoms with Gasteiger partial charge < -0.3 is 25.0 Å². The van der Waals surface area contributed by atoms with E-state index in [0.717, 1.165) is 22.3 Å². The van der Waals surface area contributed by atoms with Crippen molar-refractivity contribution in [2.24, 2.45) is 0 Å². The highest BCUT2D eigenvalue weighted by atomic mass is 16.5. The third-order valence-corrected chi connectivity index (χ3v) is 6.17. The van der Waals surface area contributed by atoms with Gasteiger partial charge in [-0.05, 0) is 52.4 Å². The second kappa shape index (κ2) is 10.1. The van der Waals surface area contributed by atoms with Crippen molar-refractivity contribution < 1.29 is 29.3 Å². The Labute approximate surface area is 198 Å². The van der Waals surface area contributed by atoms with Gasteiger partial charge >= 0.3 is 12.1 Å². The zero-order valence-corrected chi connectivity index (χ0v) is 19.0. The van der Waals surface area contributed by atoms with E-state index >= 15 is 0 Å². The van der Waals surface area contributed by atoms with Crippen LogP contribution in [0.3, 0.4) is 0 Å². The van der Waals surface area contributed by atoms with Gasteiger partial charge in [0, 0.05) is 12.5 Å². The number of hydrogen-bond acceptors (Lipinski definition) is 6. The van der Waals surface area contributed by atoms with Crippen molar-refractivity contribution in [3.8, 4) is 11.1 Å². The van der Waals surface area contributed by atoms with Gasteiger partial charge in [0.05, 0.1) is 12.7 Å². The first-order valence-electron chi connectivity index (χ1n) is 11.0. The molecule has 1 aliphatic carbocycles. The maximum atomic E-state index is 12.3. The summed E-state index contributed by atoms with van der Waals surface area (Å²) in [5.41, 5.74) is 5.92. The molecule has 2 unspecified atom stereocenters.